The summed E-state index contributed by atoms with van der Waals surface area (Å²) in [6.45, 7) is 1.65. The Balaban J connectivity index is 2.60. The van der Waals surface area contributed by atoms with Gasteiger partial charge in [-0.15, -0.1) is 0 Å². The second-order valence-electron chi connectivity index (χ2n) is 3.56. The van der Waals surface area contributed by atoms with Crippen molar-refractivity contribution >= 4 is 10.8 Å². The Bertz CT molecular complexity index is 324. The minimum Gasteiger partial charge on any atom is -0.395 e. The number of aliphatic hydroxyl groups excluding tert-OH is 1. The fourth-order valence-electron chi connectivity index (χ4n) is 1.35. The summed E-state index contributed by atoms with van der Waals surface area (Å²) in [5.41, 5.74) is 1.17. The Morgan fingerprint density at radius 2 is 1.93 bits per heavy atom. The van der Waals surface area contributed by atoms with Crippen molar-refractivity contribution in [1.82, 2.24) is 4.90 Å². The molecule has 0 aliphatic rings. The molecule has 0 bridgehead atoms. The molecule has 0 fully saturated rings. The van der Waals surface area contributed by atoms with Gasteiger partial charge in [0.25, 0.3) is 0 Å². The molecule has 1 rings (SSSR count). The third-order valence-corrected chi connectivity index (χ3v) is 3.13. The fourth-order valence-corrected chi connectivity index (χ4v) is 1.87. The monoisotopic (exact) mass is 227 g/mol. The van der Waals surface area contributed by atoms with Crippen molar-refractivity contribution < 1.29 is 9.32 Å². The van der Waals surface area contributed by atoms with Crippen LogP contribution < -0.4 is 0 Å². The highest BCUT2D eigenvalue weighted by Crippen LogP contribution is 2.09. The van der Waals surface area contributed by atoms with Crippen molar-refractivity contribution in [3.63, 3.8) is 0 Å². The quantitative estimate of drug-likeness (QED) is 0.810. The summed E-state index contributed by atoms with van der Waals surface area (Å²) in [6.07, 6.45) is 1.67. The molecule has 0 aromatic heterocycles. The van der Waals surface area contributed by atoms with E-state index in [1.54, 1.807) is 6.26 Å². The molecule has 0 saturated heterocycles. The molecular formula is C11H17NO2S. The Morgan fingerprint density at radius 1 is 1.33 bits per heavy atom. The second kappa shape index (κ2) is 6.00. The molecule has 1 aromatic rings. The Morgan fingerprint density at radius 3 is 2.40 bits per heavy atom. The number of likely N-dealkylation sites (N-methyl/N-ethyl adjacent to an activating group) is 1. The van der Waals surface area contributed by atoms with Crippen molar-refractivity contribution in [1.29, 1.82) is 0 Å². The topological polar surface area (TPSA) is 40.5 Å². The first kappa shape index (κ1) is 12.4. The summed E-state index contributed by atoms with van der Waals surface area (Å²) < 4.78 is 11.1. The van der Waals surface area contributed by atoms with Crippen LogP contribution >= 0.6 is 0 Å². The zero-order valence-corrected chi connectivity index (χ0v) is 9.96. The van der Waals surface area contributed by atoms with Gasteiger partial charge in [-0.2, -0.15) is 0 Å². The van der Waals surface area contributed by atoms with E-state index >= 15 is 0 Å². The number of aliphatic hydroxyl groups is 1. The highest BCUT2D eigenvalue weighted by molar-refractivity contribution is 7.84. The van der Waals surface area contributed by atoms with Crippen molar-refractivity contribution in [3.8, 4) is 0 Å². The average molecular weight is 227 g/mol. The third kappa shape index (κ3) is 4.11. The fraction of sp³-hybridized carbons (Fsp3) is 0.455. The molecule has 1 atom stereocenters. The number of benzene rings is 1. The van der Waals surface area contributed by atoms with Crippen molar-refractivity contribution in [2.45, 2.75) is 11.4 Å². The molecule has 1 aromatic carbocycles. The van der Waals surface area contributed by atoms with Crippen LogP contribution in [0.1, 0.15) is 5.56 Å². The summed E-state index contributed by atoms with van der Waals surface area (Å²) in [5, 5.41) is 8.75. The largest absolute Gasteiger partial charge is 0.395 e. The van der Waals surface area contributed by atoms with Crippen LogP contribution in [0.4, 0.5) is 0 Å². The lowest BCUT2D eigenvalue weighted by Crippen LogP contribution is -2.21. The first-order valence-electron chi connectivity index (χ1n) is 4.85. The van der Waals surface area contributed by atoms with Crippen molar-refractivity contribution in [3.05, 3.63) is 29.8 Å². The highest BCUT2D eigenvalue weighted by Gasteiger charge is 2.01. The summed E-state index contributed by atoms with van der Waals surface area (Å²) >= 11 is 0. The predicted molar refractivity (Wildman–Crippen MR) is 62.2 cm³/mol. The maximum absolute atomic E-state index is 11.1. The summed E-state index contributed by atoms with van der Waals surface area (Å²) in [6, 6.07) is 7.73. The van der Waals surface area contributed by atoms with E-state index in [9.17, 15) is 4.21 Å². The molecule has 0 heterocycles. The van der Waals surface area contributed by atoms with E-state index in [2.05, 4.69) is 0 Å². The average Bonchev–Trinajstić information content (AvgIpc) is 2.18. The van der Waals surface area contributed by atoms with Crippen molar-refractivity contribution in [2.24, 2.45) is 0 Å². The lowest BCUT2D eigenvalue weighted by atomic mass is 10.2. The predicted octanol–water partition coefficient (Wildman–Crippen LogP) is 0.848. The molecule has 84 valence electrons. The van der Waals surface area contributed by atoms with Crippen LogP contribution in [0.5, 0.6) is 0 Å². The summed E-state index contributed by atoms with van der Waals surface area (Å²) in [7, 11) is 1.05. The van der Waals surface area contributed by atoms with Gasteiger partial charge in [0.1, 0.15) is 0 Å². The molecule has 1 unspecified atom stereocenters. The zero-order chi connectivity index (χ0) is 11.3. The minimum absolute atomic E-state index is 0.174. The van der Waals surface area contributed by atoms with E-state index in [0.29, 0.717) is 6.54 Å². The van der Waals surface area contributed by atoms with Crippen LogP contribution in [-0.2, 0) is 17.3 Å². The van der Waals surface area contributed by atoms with Gasteiger partial charge in [-0.05, 0) is 24.7 Å². The smallest absolute Gasteiger partial charge is 0.0558 e. The van der Waals surface area contributed by atoms with Gasteiger partial charge < -0.3 is 5.11 Å². The molecular weight excluding hydrogens is 210 g/mol. The lowest BCUT2D eigenvalue weighted by molar-refractivity contribution is 0.217. The van der Waals surface area contributed by atoms with Gasteiger partial charge >= 0.3 is 0 Å². The normalized spacial score (nSPS) is 13.1. The summed E-state index contributed by atoms with van der Waals surface area (Å²) in [4.78, 5) is 2.89. The molecule has 15 heavy (non-hydrogen) atoms. The molecule has 0 radical (unpaired) electrons. The molecule has 0 aliphatic carbocycles. The van der Waals surface area contributed by atoms with Gasteiger partial charge in [0.05, 0.1) is 6.61 Å². The zero-order valence-electron chi connectivity index (χ0n) is 9.14. The molecule has 3 nitrogen and oxygen atoms in total. The Hall–Kier alpha value is -0.710. The van der Waals surface area contributed by atoms with E-state index in [1.165, 1.54) is 5.56 Å². The number of nitrogens with zero attached hydrogens (tertiary/aromatic N) is 1. The van der Waals surface area contributed by atoms with Crippen LogP contribution in [0.3, 0.4) is 0 Å². The van der Waals surface area contributed by atoms with Crippen LogP contribution in [-0.4, -0.2) is 40.7 Å². The lowest BCUT2D eigenvalue weighted by Gasteiger charge is -2.14. The molecule has 0 spiro atoms. The van der Waals surface area contributed by atoms with Crippen molar-refractivity contribution in [2.75, 3.05) is 26.5 Å². The standard InChI is InChI=1S/C11H17NO2S/c1-12(7-8-13)9-10-3-5-11(6-4-10)15(2)14/h3-6,13H,7-9H2,1-2H3. The summed E-state index contributed by atoms with van der Waals surface area (Å²) in [5.74, 6) is 0. The Labute approximate surface area is 93.2 Å². The Kier molecular flexibility index (Phi) is 4.94. The third-order valence-electron chi connectivity index (χ3n) is 2.19. The molecule has 0 amide bonds. The molecule has 0 saturated carbocycles. The maximum atomic E-state index is 11.1. The van der Waals surface area contributed by atoms with Gasteiger partial charge in [0, 0.05) is 35.0 Å². The van der Waals surface area contributed by atoms with Gasteiger partial charge in [0.2, 0.25) is 0 Å². The molecule has 1 N–H and O–H groups in total. The van der Waals surface area contributed by atoms with Gasteiger partial charge in [-0.1, -0.05) is 12.1 Å². The highest BCUT2D eigenvalue weighted by atomic mass is 32.2. The van der Waals surface area contributed by atoms with Crippen LogP contribution in [0.15, 0.2) is 29.2 Å². The molecule has 0 aliphatic heterocycles. The van der Waals surface area contributed by atoms with Crippen LogP contribution in [0.25, 0.3) is 0 Å². The SMILES string of the molecule is CN(CCO)Cc1ccc(S(C)=O)cc1. The van der Waals surface area contributed by atoms with E-state index in [4.69, 9.17) is 5.11 Å². The van der Waals surface area contributed by atoms with Gasteiger partial charge in [-0.25, -0.2) is 0 Å². The van der Waals surface area contributed by atoms with Gasteiger partial charge in [0.15, 0.2) is 0 Å². The second-order valence-corrected chi connectivity index (χ2v) is 4.94. The first-order chi connectivity index (χ1) is 7.13. The van der Waals surface area contributed by atoms with Crippen LogP contribution in [0.2, 0.25) is 0 Å². The van der Waals surface area contributed by atoms with E-state index in [-0.39, 0.29) is 6.61 Å². The molecule has 4 heteroatoms. The van der Waals surface area contributed by atoms with Gasteiger partial charge in [-0.3, -0.25) is 9.11 Å². The van der Waals surface area contributed by atoms with E-state index in [0.717, 1.165) is 11.4 Å². The van der Waals surface area contributed by atoms with E-state index < -0.39 is 10.8 Å². The maximum Gasteiger partial charge on any atom is 0.0558 e. The number of rotatable bonds is 5. The van der Waals surface area contributed by atoms with Crippen LogP contribution in [0, 0.1) is 0 Å². The van der Waals surface area contributed by atoms with E-state index in [1.807, 2.05) is 36.2 Å². The minimum atomic E-state index is -0.907. The number of hydrogen-bond acceptors (Lipinski definition) is 3. The first-order valence-corrected chi connectivity index (χ1v) is 6.41. The number of hydrogen-bond donors (Lipinski definition) is 1.